The highest BCUT2D eigenvalue weighted by atomic mass is 35.5. The molecule has 5 nitrogen and oxygen atoms in total. The zero-order valence-corrected chi connectivity index (χ0v) is 14.0. The van der Waals surface area contributed by atoms with Gasteiger partial charge in [-0.3, -0.25) is 4.79 Å². The Morgan fingerprint density at radius 3 is 2.50 bits per heavy atom. The highest BCUT2D eigenvalue weighted by molar-refractivity contribution is 6.30. The van der Waals surface area contributed by atoms with Gasteiger partial charge in [0.2, 0.25) is 0 Å². The van der Waals surface area contributed by atoms with Crippen LogP contribution in [0.25, 0.3) is 0 Å². The number of anilines is 1. The minimum Gasteiger partial charge on any atom is -0.482 e. The van der Waals surface area contributed by atoms with Gasteiger partial charge in [0.15, 0.2) is 13.2 Å². The SMILES string of the molecule is CCc1ccc(NC(=O)COC(=O)COc2cccc(Cl)c2)cc1. The summed E-state index contributed by atoms with van der Waals surface area (Å²) in [5.41, 5.74) is 1.83. The fourth-order valence-electron chi connectivity index (χ4n) is 1.91. The molecule has 0 saturated carbocycles. The number of hydrogen-bond acceptors (Lipinski definition) is 4. The van der Waals surface area contributed by atoms with Crippen LogP contribution >= 0.6 is 11.6 Å². The molecular formula is C18H18ClNO4. The van der Waals surface area contributed by atoms with E-state index in [4.69, 9.17) is 21.1 Å². The van der Waals surface area contributed by atoms with E-state index in [0.29, 0.717) is 16.5 Å². The minimum atomic E-state index is -0.633. The highest BCUT2D eigenvalue weighted by Gasteiger charge is 2.09. The standard InChI is InChI=1S/C18H18ClNO4/c1-2-13-6-8-15(9-7-13)20-17(21)11-24-18(22)12-23-16-5-3-4-14(19)10-16/h3-10H,2,11-12H2,1H3,(H,20,21). The number of amides is 1. The predicted octanol–water partition coefficient (Wildman–Crippen LogP) is 3.46. The molecule has 0 fully saturated rings. The quantitative estimate of drug-likeness (QED) is 0.779. The van der Waals surface area contributed by atoms with E-state index in [9.17, 15) is 9.59 Å². The molecule has 1 N–H and O–H groups in total. The van der Waals surface area contributed by atoms with Crippen molar-refractivity contribution in [1.29, 1.82) is 0 Å². The summed E-state index contributed by atoms with van der Waals surface area (Å²) in [6, 6.07) is 14.1. The van der Waals surface area contributed by atoms with Crippen molar-refractivity contribution in [2.75, 3.05) is 18.5 Å². The molecule has 0 aliphatic carbocycles. The van der Waals surface area contributed by atoms with E-state index in [0.717, 1.165) is 6.42 Å². The molecule has 0 saturated heterocycles. The van der Waals surface area contributed by atoms with Crippen molar-refractivity contribution in [3.8, 4) is 5.75 Å². The van der Waals surface area contributed by atoms with Crippen molar-refractivity contribution in [2.45, 2.75) is 13.3 Å². The molecule has 0 radical (unpaired) electrons. The van der Waals surface area contributed by atoms with Gasteiger partial charge in [0.1, 0.15) is 5.75 Å². The van der Waals surface area contributed by atoms with Gasteiger partial charge in [-0.25, -0.2) is 4.79 Å². The number of carbonyl (C=O) groups excluding carboxylic acids is 2. The molecule has 0 aliphatic rings. The molecule has 2 rings (SSSR count). The van der Waals surface area contributed by atoms with Crippen molar-refractivity contribution >= 4 is 29.2 Å². The van der Waals surface area contributed by atoms with Crippen molar-refractivity contribution in [2.24, 2.45) is 0 Å². The third kappa shape index (κ3) is 5.93. The van der Waals surface area contributed by atoms with E-state index < -0.39 is 11.9 Å². The van der Waals surface area contributed by atoms with Gasteiger partial charge in [0.25, 0.3) is 5.91 Å². The lowest BCUT2D eigenvalue weighted by Gasteiger charge is -2.08. The highest BCUT2D eigenvalue weighted by Crippen LogP contribution is 2.17. The van der Waals surface area contributed by atoms with Crippen LogP contribution in [0, 0.1) is 0 Å². The Morgan fingerprint density at radius 2 is 1.83 bits per heavy atom. The van der Waals surface area contributed by atoms with Crippen molar-refractivity contribution in [1.82, 2.24) is 0 Å². The smallest absolute Gasteiger partial charge is 0.344 e. The first-order chi connectivity index (χ1) is 11.6. The van der Waals surface area contributed by atoms with E-state index in [1.54, 1.807) is 36.4 Å². The summed E-state index contributed by atoms with van der Waals surface area (Å²) in [5, 5.41) is 3.16. The monoisotopic (exact) mass is 347 g/mol. The molecule has 0 unspecified atom stereocenters. The number of nitrogens with one attached hydrogen (secondary N) is 1. The maximum absolute atomic E-state index is 11.7. The van der Waals surface area contributed by atoms with Crippen LogP contribution in [0.5, 0.6) is 5.75 Å². The lowest BCUT2D eigenvalue weighted by molar-refractivity contribution is -0.149. The Kier molecular flexibility index (Phi) is 6.63. The molecule has 0 aromatic heterocycles. The van der Waals surface area contributed by atoms with Crippen LogP contribution in [0.4, 0.5) is 5.69 Å². The number of aryl methyl sites for hydroxylation is 1. The number of halogens is 1. The third-order valence-corrected chi connectivity index (χ3v) is 3.40. The van der Waals surface area contributed by atoms with Gasteiger partial charge in [0.05, 0.1) is 0 Å². The first-order valence-electron chi connectivity index (χ1n) is 7.49. The van der Waals surface area contributed by atoms with Crippen LogP contribution in [-0.2, 0) is 20.7 Å². The lowest BCUT2D eigenvalue weighted by Crippen LogP contribution is -2.23. The Hall–Kier alpha value is -2.53. The minimum absolute atomic E-state index is 0.293. The molecule has 0 aliphatic heterocycles. The zero-order chi connectivity index (χ0) is 17.4. The van der Waals surface area contributed by atoms with Crippen LogP contribution in [0.3, 0.4) is 0 Å². The Balaban J connectivity index is 1.71. The van der Waals surface area contributed by atoms with Crippen molar-refractivity contribution in [3.05, 3.63) is 59.1 Å². The molecule has 0 atom stereocenters. The second-order valence-corrected chi connectivity index (χ2v) is 5.44. The van der Waals surface area contributed by atoms with E-state index in [1.165, 1.54) is 5.56 Å². The lowest BCUT2D eigenvalue weighted by atomic mass is 10.1. The van der Waals surface area contributed by atoms with Gasteiger partial charge in [-0.05, 0) is 42.3 Å². The number of benzene rings is 2. The van der Waals surface area contributed by atoms with Crippen LogP contribution < -0.4 is 10.1 Å². The largest absolute Gasteiger partial charge is 0.482 e. The van der Waals surface area contributed by atoms with Crippen LogP contribution in [-0.4, -0.2) is 25.1 Å². The number of hydrogen-bond donors (Lipinski definition) is 1. The fraction of sp³-hybridized carbons (Fsp3) is 0.222. The summed E-state index contributed by atoms with van der Waals surface area (Å²) < 4.78 is 10.1. The van der Waals surface area contributed by atoms with E-state index >= 15 is 0 Å². The summed E-state index contributed by atoms with van der Waals surface area (Å²) >= 11 is 5.81. The summed E-state index contributed by atoms with van der Waals surface area (Å²) in [4.78, 5) is 23.3. The van der Waals surface area contributed by atoms with Gasteiger partial charge < -0.3 is 14.8 Å². The first-order valence-corrected chi connectivity index (χ1v) is 7.87. The Bertz CT molecular complexity index is 700. The van der Waals surface area contributed by atoms with Crippen molar-refractivity contribution < 1.29 is 19.1 Å². The number of rotatable bonds is 7. The summed E-state index contributed by atoms with van der Waals surface area (Å²) in [5.74, 6) is -0.582. The Morgan fingerprint density at radius 1 is 1.08 bits per heavy atom. The van der Waals surface area contributed by atoms with Crippen LogP contribution in [0.15, 0.2) is 48.5 Å². The maximum Gasteiger partial charge on any atom is 0.344 e. The molecule has 126 valence electrons. The fourth-order valence-corrected chi connectivity index (χ4v) is 2.09. The third-order valence-electron chi connectivity index (χ3n) is 3.16. The van der Waals surface area contributed by atoms with E-state index in [1.807, 2.05) is 12.1 Å². The molecule has 0 spiro atoms. The molecule has 1 amide bonds. The number of esters is 1. The second kappa shape index (κ2) is 8.93. The molecule has 6 heteroatoms. The molecule has 2 aromatic carbocycles. The maximum atomic E-state index is 11.7. The zero-order valence-electron chi connectivity index (χ0n) is 13.3. The van der Waals surface area contributed by atoms with Crippen LogP contribution in [0.1, 0.15) is 12.5 Å². The van der Waals surface area contributed by atoms with Crippen LogP contribution in [0.2, 0.25) is 5.02 Å². The average Bonchev–Trinajstić information content (AvgIpc) is 2.59. The van der Waals surface area contributed by atoms with Gasteiger partial charge in [-0.15, -0.1) is 0 Å². The summed E-state index contributed by atoms with van der Waals surface area (Å²) in [7, 11) is 0. The first kappa shape index (κ1) is 17.8. The topological polar surface area (TPSA) is 64.6 Å². The van der Waals surface area contributed by atoms with Gasteiger partial charge in [0, 0.05) is 10.7 Å². The molecule has 24 heavy (non-hydrogen) atoms. The molecular weight excluding hydrogens is 330 g/mol. The summed E-state index contributed by atoms with van der Waals surface area (Å²) in [6.45, 7) is 1.39. The number of carbonyl (C=O) groups is 2. The second-order valence-electron chi connectivity index (χ2n) is 5.01. The predicted molar refractivity (Wildman–Crippen MR) is 92.4 cm³/mol. The molecule has 2 aromatic rings. The van der Waals surface area contributed by atoms with Crippen molar-refractivity contribution in [3.63, 3.8) is 0 Å². The van der Waals surface area contributed by atoms with E-state index in [-0.39, 0.29) is 13.2 Å². The Labute approximate surface area is 145 Å². The van der Waals surface area contributed by atoms with Gasteiger partial charge >= 0.3 is 5.97 Å². The molecule has 0 heterocycles. The average molecular weight is 348 g/mol. The summed E-state index contributed by atoms with van der Waals surface area (Å²) in [6.07, 6.45) is 0.929. The van der Waals surface area contributed by atoms with Gasteiger partial charge in [-0.1, -0.05) is 36.7 Å². The number of ether oxygens (including phenoxy) is 2. The van der Waals surface area contributed by atoms with E-state index in [2.05, 4.69) is 12.2 Å². The normalized spacial score (nSPS) is 10.1. The van der Waals surface area contributed by atoms with Gasteiger partial charge in [-0.2, -0.15) is 0 Å². The molecule has 0 bridgehead atoms.